The van der Waals surface area contributed by atoms with E-state index in [-0.39, 0.29) is 0 Å². The molecule has 1 aliphatic rings. The van der Waals surface area contributed by atoms with E-state index in [1.807, 2.05) is 0 Å². The van der Waals surface area contributed by atoms with Crippen LogP contribution in [0.4, 0.5) is 0 Å². The Morgan fingerprint density at radius 1 is 0.389 bits per heavy atom. The Bertz CT molecular complexity index is 825. The summed E-state index contributed by atoms with van der Waals surface area (Å²) in [5, 5.41) is 0. The SMILES string of the molecule is CP(C)(=O)OC1C(OP(C)(=O)[O-])C(OP(C)(=O)[O-])C(OP(=O)([O-])[O-])C(OP(C)(=O)[O-])C1OP(C)(=O)[O-]. The van der Waals surface area contributed by atoms with E-state index < -0.39 is 82.2 Å². The minimum absolute atomic E-state index is 0.423. The highest BCUT2D eigenvalue weighted by molar-refractivity contribution is 7.57. The monoisotopic (exact) mass is 642 g/mol. The Hall–Kier alpha value is 0.900. The first-order valence-electron chi connectivity index (χ1n) is 9.38. The Morgan fingerprint density at radius 3 is 0.750 bits per heavy atom. The molecule has 0 amide bonds. The molecular formula is C12H24O18P6-6. The van der Waals surface area contributed by atoms with Crippen LogP contribution in [0.15, 0.2) is 0 Å². The van der Waals surface area contributed by atoms with Crippen molar-refractivity contribution < 1.29 is 83.9 Å². The van der Waals surface area contributed by atoms with Gasteiger partial charge in [0, 0.05) is 40.0 Å². The number of rotatable bonds is 12. The molecule has 8 atom stereocenters. The van der Waals surface area contributed by atoms with Crippen LogP contribution in [0.3, 0.4) is 0 Å². The second-order valence-electron chi connectivity index (χ2n) is 8.20. The second kappa shape index (κ2) is 11.8. The van der Waals surface area contributed by atoms with Gasteiger partial charge in [-0.25, -0.2) is 0 Å². The standard InChI is InChI=1S/C12H30O18P6/c1-31(2,13)25-7-8(26-32(3,14)15)10(28-34(5,18)19)12(30-36(22,23)24)11(29-35(6,20)21)9(7)27-33(4,16)17/h7-12H,1-6H3,(H,14,15)(H,16,17)(H,18,19)(H,20,21)(H2,22,23,24)/p-6. The normalized spacial score (nSPS) is 34.7. The highest BCUT2D eigenvalue weighted by Gasteiger charge is 2.58. The van der Waals surface area contributed by atoms with Crippen molar-refractivity contribution in [3.05, 3.63) is 0 Å². The molecule has 0 bridgehead atoms. The van der Waals surface area contributed by atoms with Crippen molar-refractivity contribution in [1.29, 1.82) is 0 Å². The van der Waals surface area contributed by atoms with Gasteiger partial charge in [-0.15, -0.1) is 0 Å². The van der Waals surface area contributed by atoms with E-state index in [9.17, 15) is 56.8 Å². The van der Waals surface area contributed by atoms with Crippen LogP contribution in [-0.2, 0) is 54.5 Å². The molecule has 36 heavy (non-hydrogen) atoms. The van der Waals surface area contributed by atoms with Crippen LogP contribution in [0.2, 0.25) is 0 Å². The van der Waals surface area contributed by atoms with Gasteiger partial charge in [0.2, 0.25) is 0 Å². The van der Waals surface area contributed by atoms with Crippen molar-refractivity contribution in [3.63, 3.8) is 0 Å². The van der Waals surface area contributed by atoms with Crippen molar-refractivity contribution >= 4 is 45.6 Å². The van der Waals surface area contributed by atoms with Crippen molar-refractivity contribution in [1.82, 2.24) is 0 Å². The molecule has 0 aromatic heterocycles. The molecule has 24 heteroatoms. The zero-order valence-electron chi connectivity index (χ0n) is 19.5. The molecular weight excluding hydrogens is 618 g/mol. The van der Waals surface area contributed by atoms with E-state index in [4.69, 9.17) is 22.6 Å². The van der Waals surface area contributed by atoms with Crippen molar-refractivity contribution in [2.45, 2.75) is 36.6 Å². The quantitative estimate of drug-likeness (QED) is 0.197. The maximum absolute atomic E-state index is 12.5. The topological polar surface area (TPSA) is 296 Å². The predicted octanol–water partition coefficient (Wildman–Crippen LogP) is -2.59. The molecule has 0 heterocycles. The lowest BCUT2D eigenvalue weighted by molar-refractivity contribution is -0.353. The summed E-state index contributed by atoms with van der Waals surface area (Å²) in [5.74, 6) is 0. The number of hydrogen-bond donors (Lipinski definition) is 0. The van der Waals surface area contributed by atoms with Gasteiger partial charge in [0.05, 0.1) is 7.82 Å². The van der Waals surface area contributed by atoms with Crippen molar-refractivity contribution in [3.8, 4) is 0 Å². The van der Waals surface area contributed by atoms with E-state index in [0.29, 0.717) is 26.7 Å². The summed E-state index contributed by atoms with van der Waals surface area (Å²) >= 11 is 0. The van der Waals surface area contributed by atoms with Gasteiger partial charge < -0.3 is 79.3 Å². The molecule has 1 rings (SSSR count). The molecule has 1 fully saturated rings. The molecule has 0 aromatic rings. The molecule has 216 valence electrons. The van der Waals surface area contributed by atoms with E-state index in [0.717, 1.165) is 13.3 Å². The third kappa shape index (κ3) is 13.3. The predicted molar refractivity (Wildman–Crippen MR) is 110 cm³/mol. The fraction of sp³-hybridized carbons (Fsp3) is 1.00. The van der Waals surface area contributed by atoms with Gasteiger partial charge in [0.15, 0.2) is 7.37 Å². The van der Waals surface area contributed by atoms with E-state index in [1.165, 1.54) is 0 Å². The number of phosphoric ester groups is 1. The fourth-order valence-corrected chi connectivity index (χ4v) is 7.26. The van der Waals surface area contributed by atoms with Gasteiger partial charge in [-0.3, -0.25) is 4.57 Å². The maximum Gasteiger partial charge on any atom is 0.197 e. The molecule has 8 unspecified atom stereocenters. The van der Waals surface area contributed by atoms with Crippen molar-refractivity contribution in [2.24, 2.45) is 0 Å². The first kappa shape index (κ1) is 34.9. The van der Waals surface area contributed by atoms with Crippen LogP contribution in [0.1, 0.15) is 0 Å². The molecule has 1 saturated carbocycles. The Morgan fingerprint density at radius 2 is 0.583 bits per heavy atom. The van der Waals surface area contributed by atoms with Gasteiger partial charge in [-0.05, 0) is 0 Å². The zero-order valence-corrected chi connectivity index (χ0v) is 24.9. The minimum atomic E-state index is -6.20. The average molecular weight is 642 g/mol. The Balaban J connectivity index is 4.04. The summed E-state index contributed by atoms with van der Waals surface area (Å²) < 4.78 is 100. The lowest BCUT2D eigenvalue weighted by atomic mass is 9.85. The van der Waals surface area contributed by atoms with Crippen LogP contribution in [0.25, 0.3) is 0 Å². The lowest BCUT2D eigenvalue weighted by Crippen LogP contribution is -2.67. The third-order valence-electron chi connectivity index (χ3n) is 3.82. The summed E-state index contributed by atoms with van der Waals surface area (Å²) in [6.07, 6.45) is -14.9. The lowest BCUT2D eigenvalue weighted by Gasteiger charge is -2.53. The fourth-order valence-electron chi connectivity index (χ4n) is 3.17. The van der Waals surface area contributed by atoms with Crippen LogP contribution in [-0.4, -0.2) is 76.6 Å². The molecule has 0 radical (unpaired) electrons. The number of phosphoric acid groups is 1. The summed E-state index contributed by atoms with van der Waals surface area (Å²) in [6.45, 7) is 3.65. The van der Waals surface area contributed by atoms with Crippen molar-refractivity contribution in [2.75, 3.05) is 40.0 Å². The largest absolute Gasteiger partial charge is 0.790 e. The van der Waals surface area contributed by atoms with Gasteiger partial charge in [0.1, 0.15) is 67.0 Å². The molecule has 0 aliphatic heterocycles. The van der Waals surface area contributed by atoms with Gasteiger partial charge in [-0.2, -0.15) is 0 Å². The Kier molecular flexibility index (Phi) is 11.4. The minimum Gasteiger partial charge on any atom is -0.790 e. The van der Waals surface area contributed by atoms with Gasteiger partial charge in [-0.1, -0.05) is 0 Å². The highest BCUT2D eigenvalue weighted by atomic mass is 31.2. The number of hydrogen-bond acceptors (Lipinski definition) is 18. The summed E-state index contributed by atoms with van der Waals surface area (Å²) in [5.41, 5.74) is 0. The Labute approximate surface area is 206 Å². The van der Waals surface area contributed by atoms with Crippen LogP contribution in [0.5, 0.6) is 0 Å². The summed E-state index contributed by atoms with van der Waals surface area (Å²) in [6, 6.07) is 0. The third-order valence-corrected chi connectivity index (χ3v) is 7.58. The first-order valence-corrected chi connectivity index (χ1v) is 21.3. The summed E-state index contributed by atoms with van der Waals surface area (Å²) in [7, 11) is -30.1. The smallest absolute Gasteiger partial charge is 0.197 e. The van der Waals surface area contributed by atoms with Gasteiger partial charge >= 0.3 is 0 Å². The van der Waals surface area contributed by atoms with E-state index >= 15 is 0 Å². The maximum atomic E-state index is 12.5. The zero-order chi connectivity index (χ0) is 28.7. The van der Waals surface area contributed by atoms with Crippen LogP contribution in [0, 0.1) is 0 Å². The van der Waals surface area contributed by atoms with E-state index in [1.54, 1.807) is 0 Å². The molecule has 1 aliphatic carbocycles. The summed E-state index contributed by atoms with van der Waals surface area (Å²) in [4.78, 5) is 70.8. The molecule has 0 saturated heterocycles. The van der Waals surface area contributed by atoms with E-state index in [2.05, 4.69) is 4.52 Å². The van der Waals surface area contributed by atoms with Gasteiger partial charge in [0.25, 0.3) is 0 Å². The second-order valence-corrected chi connectivity index (χ2v) is 19.0. The first-order chi connectivity index (χ1) is 15.6. The molecule has 0 spiro atoms. The highest BCUT2D eigenvalue weighted by Crippen LogP contribution is 2.55. The molecule has 18 nitrogen and oxygen atoms in total. The van der Waals surface area contributed by atoms with Crippen LogP contribution >= 0.6 is 45.6 Å². The molecule has 0 aromatic carbocycles. The van der Waals surface area contributed by atoms with Crippen LogP contribution < -0.4 is 29.4 Å². The average Bonchev–Trinajstić information content (AvgIpc) is 2.51. The molecule has 0 N–H and O–H groups in total.